The average Bonchev–Trinajstić information content (AvgIpc) is 2.79. The molecule has 0 aliphatic carbocycles. The van der Waals surface area contributed by atoms with E-state index < -0.39 is 23.2 Å². The molecular weight excluding hydrogens is 435 g/mol. The molecular formula is C23H20F3N5O2. The number of pyridine rings is 1. The second-order valence-corrected chi connectivity index (χ2v) is 6.89. The molecule has 2 aromatic heterocycles. The zero-order chi connectivity index (χ0) is 24.2. The van der Waals surface area contributed by atoms with Gasteiger partial charge in [0.15, 0.2) is 11.5 Å². The lowest BCUT2D eigenvalue weighted by molar-refractivity contribution is -0.136. The number of amides is 1. The Bertz CT molecular complexity index is 1350. The Morgan fingerprint density at radius 1 is 1.03 bits per heavy atom. The molecule has 33 heavy (non-hydrogen) atoms. The van der Waals surface area contributed by atoms with Crippen molar-refractivity contribution < 1.29 is 18.0 Å². The highest BCUT2D eigenvalue weighted by Gasteiger charge is 2.34. The van der Waals surface area contributed by atoms with Crippen molar-refractivity contribution in [3.63, 3.8) is 0 Å². The number of carbonyl (C=O) groups excluding carboxylic acids is 1. The molecule has 0 unspecified atom stereocenters. The number of aryl methyl sites for hydroxylation is 1. The number of para-hydroxylation sites is 1. The second-order valence-electron chi connectivity index (χ2n) is 6.89. The fraction of sp³-hybridized carbons (Fsp3) is 0.130. The van der Waals surface area contributed by atoms with Gasteiger partial charge < -0.3 is 11.5 Å². The van der Waals surface area contributed by atoms with Crippen molar-refractivity contribution in [2.24, 2.45) is 5.73 Å². The van der Waals surface area contributed by atoms with E-state index in [0.29, 0.717) is 23.2 Å². The molecule has 0 aliphatic rings. The molecule has 4 aromatic rings. The smallest absolute Gasteiger partial charge is 0.382 e. The lowest BCUT2D eigenvalue weighted by Gasteiger charge is -2.16. The van der Waals surface area contributed by atoms with Crippen molar-refractivity contribution in [2.45, 2.75) is 19.5 Å². The maximum atomic E-state index is 13.3. The van der Waals surface area contributed by atoms with E-state index in [1.165, 1.54) is 23.0 Å². The molecule has 4 N–H and O–H groups in total. The number of alkyl halides is 3. The van der Waals surface area contributed by atoms with Crippen molar-refractivity contribution in [3.05, 3.63) is 94.3 Å². The van der Waals surface area contributed by atoms with Gasteiger partial charge in [0.2, 0.25) is 0 Å². The third-order valence-electron chi connectivity index (χ3n) is 4.76. The Labute approximate surface area is 186 Å². The van der Waals surface area contributed by atoms with Crippen LogP contribution >= 0.6 is 0 Å². The van der Waals surface area contributed by atoms with Crippen molar-refractivity contribution in [1.29, 1.82) is 0 Å². The van der Waals surface area contributed by atoms with Gasteiger partial charge in [-0.25, -0.2) is 9.97 Å². The number of nitrogen functional groups attached to an aromatic ring is 1. The Kier molecular flexibility index (Phi) is 6.76. The van der Waals surface area contributed by atoms with Gasteiger partial charge in [-0.3, -0.25) is 14.2 Å². The summed E-state index contributed by atoms with van der Waals surface area (Å²) >= 11 is 0. The highest BCUT2D eigenvalue weighted by atomic mass is 19.4. The largest absolute Gasteiger partial charge is 0.417 e. The van der Waals surface area contributed by atoms with E-state index in [0.717, 1.165) is 6.07 Å². The summed E-state index contributed by atoms with van der Waals surface area (Å²) in [5.74, 6) is -0.597. The molecule has 0 radical (unpaired) electrons. The maximum Gasteiger partial charge on any atom is 0.417 e. The van der Waals surface area contributed by atoms with Crippen molar-refractivity contribution in [2.75, 3.05) is 5.73 Å². The Morgan fingerprint density at radius 2 is 1.70 bits per heavy atom. The SMILES string of the molecule is CCc1cc2cccc(C(F)(F)F)c2c(=O)n1-c1ccccc1.NC(=O)c1nccnc1N. The monoisotopic (exact) mass is 455 g/mol. The molecule has 0 saturated heterocycles. The fourth-order valence-electron chi connectivity index (χ4n) is 3.31. The molecule has 1 amide bonds. The van der Waals surface area contributed by atoms with Crippen LogP contribution in [0.15, 0.2) is 71.8 Å². The molecule has 10 heteroatoms. The number of hydrogen-bond acceptors (Lipinski definition) is 5. The first-order valence-corrected chi connectivity index (χ1v) is 9.81. The van der Waals surface area contributed by atoms with E-state index in [1.54, 1.807) is 42.5 Å². The first-order chi connectivity index (χ1) is 15.6. The number of nitrogens with two attached hydrogens (primary N) is 2. The summed E-state index contributed by atoms with van der Waals surface area (Å²) in [4.78, 5) is 30.5. The number of carbonyl (C=O) groups is 1. The minimum absolute atomic E-state index is 0.0162. The second kappa shape index (κ2) is 9.51. The first-order valence-electron chi connectivity index (χ1n) is 9.81. The van der Waals surface area contributed by atoms with Crippen LogP contribution in [-0.4, -0.2) is 20.4 Å². The molecule has 0 spiro atoms. The van der Waals surface area contributed by atoms with Crippen LogP contribution in [0.3, 0.4) is 0 Å². The zero-order valence-electron chi connectivity index (χ0n) is 17.5. The third kappa shape index (κ3) is 5.00. The van der Waals surface area contributed by atoms with Crippen LogP contribution in [0, 0.1) is 0 Å². The normalized spacial score (nSPS) is 11.0. The summed E-state index contributed by atoms with van der Waals surface area (Å²) < 4.78 is 41.2. The van der Waals surface area contributed by atoms with Crippen LogP contribution in [0.1, 0.15) is 28.7 Å². The van der Waals surface area contributed by atoms with Crippen LogP contribution in [0.25, 0.3) is 16.5 Å². The molecule has 4 rings (SSSR count). The number of anilines is 1. The van der Waals surface area contributed by atoms with Gasteiger partial charge in [-0.05, 0) is 36.1 Å². The Morgan fingerprint density at radius 3 is 2.24 bits per heavy atom. The number of benzene rings is 2. The Balaban J connectivity index is 0.000000257. The zero-order valence-corrected chi connectivity index (χ0v) is 17.5. The topological polar surface area (TPSA) is 117 Å². The molecule has 0 aliphatic heterocycles. The van der Waals surface area contributed by atoms with Gasteiger partial charge >= 0.3 is 6.18 Å². The summed E-state index contributed by atoms with van der Waals surface area (Å²) in [6.07, 6.45) is -1.28. The minimum atomic E-state index is -4.57. The maximum absolute atomic E-state index is 13.3. The summed E-state index contributed by atoms with van der Waals surface area (Å²) in [6.45, 7) is 1.87. The van der Waals surface area contributed by atoms with Crippen LogP contribution in [0.5, 0.6) is 0 Å². The van der Waals surface area contributed by atoms with Crippen molar-refractivity contribution in [1.82, 2.24) is 14.5 Å². The van der Waals surface area contributed by atoms with Crippen LogP contribution in [0.4, 0.5) is 19.0 Å². The van der Waals surface area contributed by atoms with E-state index in [4.69, 9.17) is 11.5 Å². The van der Waals surface area contributed by atoms with Crippen LogP contribution in [-0.2, 0) is 12.6 Å². The van der Waals surface area contributed by atoms with Gasteiger partial charge in [-0.2, -0.15) is 13.2 Å². The van der Waals surface area contributed by atoms with Crippen LogP contribution < -0.4 is 17.0 Å². The predicted molar refractivity (Wildman–Crippen MR) is 119 cm³/mol. The van der Waals surface area contributed by atoms with Crippen LogP contribution in [0.2, 0.25) is 0 Å². The number of hydrogen-bond donors (Lipinski definition) is 2. The van der Waals surface area contributed by atoms with E-state index >= 15 is 0 Å². The van der Waals surface area contributed by atoms with Gasteiger partial charge in [0.05, 0.1) is 10.9 Å². The average molecular weight is 455 g/mol. The number of rotatable bonds is 3. The number of primary amides is 1. The van der Waals surface area contributed by atoms with E-state index in [1.807, 2.05) is 6.92 Å². The number of fused-ring (bicyclic) bond motifs is 1. The van der Waals surface area contributed by atoms with E-state index in [-0.39, 0.29) is 16.9 Å². The quantitative estimate of drug-likeness (QED) is 0.488. The highest BCUT2D eigenvalue weighted by molar-refractivity contribution is 5.94. The molecule has 7 nitrogen and oxygen atoms in total. The third-order valence-corrected chi connectivity index (χ3v) is 4.76. The number of aromatic nitrogens is 3. The molecule has 0 atom stereocenters. The molecule has 0 fully saturated rings. The summed E-state index contributed by atoms with van der Waals surface area (Å²) in [5.41, 5.74) is 9.86. The van der Waals surface area contributed by atoms with Gasteiger partial charge in [0.25, 0.3) is 11.5 Å². The predicted octanol–water partition coefficient (Wildman–Crippen LogP) is 3.73. The molecule has 170 valence electrons. The first kappa shape index (κ1) is 23.5. The van der Waals surface area contributed by atoms with E-state index in [9.17, 15) is 22.8 Å². The number of nitrogens with zero attached hydrogens (tertiary/aromatic N) is 3. The fourth-order valence-corrected chi connectivity index (χ4v) is 3.31. The summed E-state index contributed by atoms with van der Waals surface area (Å²) in [6, 6.07) is 14.2. The molecule has 0 saturated carbocycles. The van der Waals surface area contributed by atoms with Crippen molar-refractivity contribution in [3.8, 4) is 5.69 Å². The van der Waals surface area contributed by atoms with Crippen molar-refractivity contribution >= 4 is 22.5 Å². The van der Waals surface area contributed by atoms with E-state index in [2.05, 4.69) is 9.97 Å². The Hall–Kier alpha value is -4.21. The van der Waals surface area contributed by atoms with Gasteiger partial charge in [0, 0.05) is 23.8 Å². The highest BCUT2D eigenvalue weighted by Crippen LogP contribution is 2.33. The summed E-state index contributed by atoms with van der Waals surface area (Å²) in [7, 11) is 0. The standard InChI is InChI=1S/C18H14F3NO.C5H6N4O/c1-2-13-11-12-7-6-10-15(18(19,20)21)16(12)17(23)22(13)14-8-4-3-5-9-14;6-4-3(5(7)10)8-1-2-9-4/h3-11H,2H2,1H3;1-2H,(H2,6,9)(H2,7,10). The lowest BCUT2D eigenvalue weighted by Crippen LogP contribution is -2.24. The van der Waals surface area contributed by atoms with Gasteiger partial charge in [-0.1, -0.05) is 37.3 Å². The molecule has 0 bridgehead atoms. The number of halogens is 3. The molecule has 2 heterocycles. The lowest BCUT2D eigenvalue weighted by atomic mass is 10.0. The summed E-state index contributed by atoms with van der Waals surface area (Å²) in [5, 5.41) is 0.0231. The van der Waals surface area contributed by atoms with Gasteiger partial charge in [-0.15, -0.1) is 0 Å². The minimum Gasteiger partial charge on any atom is -0.382 e. The molecule has 2 aromatic carbocycles. The van der Waals surface area contributed by atoms with Gasteiger partial charge in [0.1, 0.15) is 0 Å².